The monoisotopic (exact) mass is 272 g/mol. The summed E-state index contributed by atoms with van der Waals surface area (Å²) >= 11 is 9.43. The fourth-order valence-electron chi connectivity index (χ4n) is 1.16. The van der Waals surface area contributed by atoms with Crippen LogP contribution in [0.15, 0.2) is 23.8 Å². The summed E-state index contributed by atoms with van der Waals surface area (Å²) in [7, 11) is 0. The molecule has 0 saturated heterocycles. The topological polar surface area (TPSA) is 0 Å². The molecular weight excluding hydrogens is 259 g/mol. The van der Waals surface area contributed by atoms with Gasteiger partial charge in [0.15, 0.2) is 0 Å². The van der Waals surface area contributed by atoms with E-state index in [1.54, 1.807) is 0 Å². The highest BCUT2D eigenvalue weighted by Gasteiger charge is 2.00. The maximum Gasteiger partial charge on any atom is 0.0409 e. The van der Waals surface area contributed by atoms with Gasteiger partial charge in [-0.15, -0.1) is 0 Å². The van der Waals surface area contributed by atoms with Crippen LogP contribution in [0.2, 0.25) is 5.02 Å². The molecule has 0 heterocycles. The number of rotatable bonds is 2. The fraction of sp³-hybridized carbons (Fsp3) is 0.333. The quantitative estimate of drug-likeness (QED) is 0.677. The van der Waals surface area contributed by atoms with Crippen LogP contribution < -0.4 is 0 Å². The number of aryl methyl sites for hydroxylation is 1. The van der Waals surface area contributed by atoms with Gasteiger partial charge < -0.3 is 0 Å². The second kappa shape index (κ2) is 4.99. The lowest BCUT2D eigenvalue weighted by Crippen LogP contribution is -1.91. The molecule has 0 aliphatic heterocycles. The van der Waals surface area contributed by atoms with E-state index in [2.05, 4.69) is 48.8 Å². The third kappa shape index (κ3) is 3.14. The van der Waals surface area contributed by atoms with Crippen LogP contribution in [-0.4, -0.2) is 4.83 Å². The Bertz CT molecular complexity index is 353. The van der Waals surface area contributed by atoms with Crippen molar-refractivity contribution in [3.05, 3.63) is 39.9 Å². The van der Waals surface area contributed by atoms with Crippen LogP contribution in [0.4, 0.5) is 0 Å². The van der Waals surface area contributed by atoms with Crippen molar-refractivity contribution in [2.24, 2.45) is 0 Å². The Morgan fingerprint density at radius 1 is 1.50 bits per heavy atom. The molecule has 0 aliphatic rings. The van der Waals surface area contributed by atoms with E-state index in [0.717, 1.165) is 5.02 Å². The van der Waals surface area contributed by atoms with Gasteiger partial charge in [-0.25, -0.2) is 0 Å². The second-order valence-corrected chi connectivity index (χ2v) is 5.32. The standard InChI is InChI=1S/C12H14BrCl/c1-8(10(3)13)6-11-4-5-12(14)7-9(11)2/h4-7,10H,1-3H3/b8-6+. The first-order valence-electron chi connectivity index (χ1n) is 4.59. The van der Waals surface area contributed by atoms with E-state index >= 15 is 0 Å². The Kier molecular flexibility index (Phi) is 4.21. The average Bonchev–Trinajstić information content (AvgIpc) is 2.09. The second-order valence-electron chi connectivity index (χ2n) is 3.51. The van der Waals surface area contributed by atoms with Crippen LogP contribution in [0, 0.1) is 6.92 Å². The number of allylic oxidation sites excluding steroid dienone is 1. The molecule has 1 aromatic carbocycles. The van der Waals surface area contributed by atoms with Gasteiger partial charge in [-0.3, -0.25) is 0 Å². The van der Waals surface area contributed by atoms with Gasteiger partial charge in [0, 0.05) is 9.85 Å². The Hall–Kier alpha value is -0.270. The van der Waals surface area contributed by atoms with Crippen molar-refractivity contribution in [2.45, 2.75) is 25.6 Å². The summed E-state index contributed by atoms with van der Waals surface area (Å²) in [5, 5.41) is 0.796. The van der Waals surface area contributed by atoms with Crippen molar-refractivity contribution < 1.29 is 0 Å². The van der Waals surface area contributed by atoms with Gasteiger partial charge in [-0.2, -0.15) is 0 Å². The summed E-state index contributed by atoms with van der Waals surface area (Å²) < 4.78 is 0. The van der Waals surface area contributed by atoms with E-state index in [-0.39, 0.29) is 0 Å². The molecule has 76 valence electrons. The van der Waals surface area contributed by atoms with E-state index < -0.39 is 0 Å². The Morgan fingerprint density at radius 2 is 2.14 bits per heavy atom. The summed E-state index contributed by atoms with van der Waals surface area (Å²) in [6.45, 7) is 6.31. The van der Waals surface area contributed by atoms with E-state index in [4.69, 9.17) is 11.6 Å². The molecule has 0 aliphatic carbocycles. The first-order chi connectivity index (χ1) is 6.50. The minimum absolute atomic E-state index is 0.414. The number of hydrogen-bond acceptors (Lipinski definition) is 0. The van der Waals surface area contributed by atoms with Crippen LogP contribution >= 0.6 is 27.5 Å². The van der Waals surface area contributed by atoms with E-state index in [0.29, 0.717) is 4.83 Å². The van der Waals surface area contributed by atoms with Gasteiger partial charge in [0.05, 0.1) is 0 Å². The number of alkyl halides is 1. The van der Waals surface area contributed by atoms with Crippen LogP contribution in [-0.2, 0) is 0 Å². The lowest BCUT2D eigenvalue weighted by atomic mass is 10.1. The van der Waals surface area contributed by atoms with Gasteiger partial charge >= 0.3 is 0 Å². The molecule has 0 fully saturated rings. The van der Waals surface area contributed by atoms with Crippen LogP contribution in [0.25, 0.3) is 6.08 Å². The first-order valence-corrected chi connectivity index (χ1v) is 5.88. The lowest BCUT2D eigenvalue weighted by Gasteiger charge is -2.06. The van der Waals surface area contributed by atoms with Crippen molar-refractivity contribution in [1.82, 2.24) is 0 Å². The third-order valence-electron chi connectivity index (χ3n) is 2.24. The molecule has 1 rings (SSSR count). The summed E-state index contributed by atoms with van der Waals surface area (Å²) in [6.07, 6.45) is 2.19. The van der Waals surface area contributed by atoms with Gasteiger partial charge in [-0.1, -0.05) is 45.2 Å². The molecule has 14 heavy (non-hydrogen) atoms. The highest BCUT2D eigenvalue weighted by Crippen LogP contribution is 2.20. The van der Waals surface area contributed by atoms with Gasteiger partial charge in [0.2, 0.25) is 0 Å². The Balaban J connectivity index is 3.03. The van der Waals surface area contributed by atoms with Gasteiger partial charge in [0.1, 0.15) is 0 Å². The summed E-state index contributed by atoms with van der Waals surface area (Å²) in [5.41, 5.74) is 3.76. The van der Waals surface area contributed by atoms with E-state index in [1.807, 2.05) is 12.1 Å². The van der Waals surface area contributed by atoms with Gasteiger partial charge in [-0.05, 0) is 44.0 Å². The predicted molar refractivity (Wildman–Crippen MR) is 68.2 cm³/mol. The minimum atomic E-state index is 0.414. The zero-order valence-electron chi connectivity index (χ0n) is 8.64. The molecule has 0 aromatic heterocycles. The maximum absolute atomic E-state index is 5.89. The van der Waals surface area contributed by atoms with Crippen molar-refractivity contribution in [2.75, 3.05) is 0 Å². The third-order valence-corrected chi connectivity index (χ3v) is 3.20. The van der Waals surface area contributed by atoms with Gasteiger partial charge in [0.25, 0.3) is 0 Å². The number of halogens is 2. The zero-order chi connectivity index (χ0) is 10.7. The highest BCUT2D eigenvalue weighted by molar-refractivity contribution is 9.09. The summed E-state index contributed by atoms with van der Waals surface area (Å²) in [4.78, 5) is 0.414. The molecule has 0 amide bonds. The molecule has 0 nitrogen and oxygen atoms in total. The molecule has 0 bridgehead atoms. The molecule has 1 aromatic rings. The van der Waals surface area contributed by atoms with Crippen LogP contribution in [0.5, 0.6) is 0 Å². The Morgan fingerprint density at radius 3 is 2.64 bits per heavy atom. The minimum Gasteiger partial charge on any atom is -0.0845 e. The molecule has 0 saturated carbocycles. The van der Waals surface area contributed by atoms with Crippen LogP contribution in [0.1, 0.15) is 25.0 Å². The van der Waals surface area contributed by atoms with Crippen molar-refractivity contribution in [3.8, 4) is 0 Å². The fourth-order valence-corrected chi connectivity index (χ4v) is 1.52. The average molecular weight is 274 g/mol. The molecule has 0 N–H and O–H groups in total. The normalized spacial score (nSPS) is 14.2. The largest absolute Gasteiger partial charge is 0.0845 e. The molecule has 1 unspecified atom stereocenters. The molecule has 1 atom stereocenters. The van der Waals surface area contributed by atoms with E-state index in [9.17, 15) is 0 Å². The van der Waals surface area contributed by atoms with Crippen molar-refractivity contribution >= 4 is 33.6 Å². The lowest BCUT2D eigenvalue weighted by molar-refractivity contribution is 1.15. The summed E-state index contributed by atoms with van der Waals surface area (Å²) in [6, 6.07) is 5.96. The molecule has 0 spiro atoms. The smallest absolute Gasteiger partial charge is 0.0409 e. The molecule has 0 radical (unpaired) electrons. The van der Waals surface area contributed by atoms with Crippen LogP contribution in [0.3, 0.4) is 0 Å². The first kappa shape index (κ1) is 11.8. The molecule has 2 heteroatoms. The van der Waals surface area contributed by atoms with Crippen molar-refractivity contribution in [1.29, 1.82) is 0 Å². The maximum atomic E-state index is 5.89. The molecular formula is C12H14BrCl. The van der Waals surface area contributed by atoms with Crippen molar-refractivity contribution in [3.63, 3.8) is 0 Å². The predicted octanol–water partition coefficient (Wildman–Crippen LogP) is 4.84. The number of benzene rings is 1. The highest BCUT2D eigenvalue weighted by atomic mass is 79.9. The Labute approximate surface area is 99.1 Å². The number of hydrogen-bond donors (Lipinski definition) is 0. The van der Waals surface area contributed by atoms with E-state index in [1.165, 1.54) is 16.7 Å². The SMILES string of the molecule is C/C(=C\c1ccc(Cl)cc1C)C(C)Br. The summed E-state index contributed by atoms with van der Waals surface area (Å²) in [5.74, 6) is 0. The zero-order valence-corrected chi connectivity index (χ0v) is 11.0.